The third-order valence-corrected chi connectivity index (χ3v) is 2.81. The summed E-state index contributed by atoms with van der Waals surface area (Å²) in [5.41, 5.74) is 3.06. The minimum atomic E-state index is 0.309. The van der Waals surface area contributed by atoms with Crippen LogP contribution in [0.3, 0.4) is 0 Å². The number of pyridine rings is 1. The summed E-state index contributed by atoms with van der Waals surface area (Å²) in [4.78, 5) is 13.1. The molecule has 0 saturated heterocycles. The topological polar surface area (TPSA) is 38.7 Å². The lowest BCUT2D eigenvalue weighted by atomic mass is 10.1. The van der Waals surface area contributed by atoms with Crippen LogP contribution >= 0.6 is 15.9 Å². The van der Waals surface area contributed by atoms with E-state index in [1.807, 2.05) is 25.4 Å². The molecular formula is C13H14BrN3. The summed E-state index contributed by atoms with van der Waals surface area (Å²) < 4.78 is 0.813. The zero-order chi connectivity index (χ0) is 12.4. The maximum absolute atomic E-state index is 4.56. The Hall–Kier alpha value is -1.29. The lowest BCUT2D eigenvalue weighted by Crippen LogP contribution is -1.99. The zero-order valence-electron chi connectivity index (χ0n) is 10.1. The van der Waals surface area contributed by atoms with Crippen molar-refractivity contribution in [3.05, 3.63) is 40.5 Å². The van der Waals surface area contributed by atoms with Gasteiger partial charge >= 0.3 is 0 Å². The molecule has 0 atom stereocenters. The van der Waals surface area contributed by atoms with Crippen LogP contribution in [0.4, 0.5) is 0 Å². The molecule has 0 N–H and O–H groups in total. The molecule has 0 fully saturated rings. The second-order valence-corrected chi connectivity index (χ2v) is 5.15. The predicted molar refractivity (Wildman–Crippen MR) is 71.8 cm³/mol. The fraction of sp³-hybridized carbons (Fsp3) is 0.308. The van der Waals surface area contributed by atoms with Crippen LogP contribution < -0.4 is 0 Å². The van der Waals surface area contributed by atoms with Crippen molar-refractivity contribution in [2.75, 3.05) is 0 Å². The van der Waals surface area contributed by atoms with Gasteiger partial charge in [0, 0.05) is 23.9 Å². The van der Waals surface area contributed by atoms with E-state index >= 15 is 0 Å². The lowest BCUT2D eigenvalue weighted by molar-refractivity contribution is 0.771. The molecule has 0 unspecified atom stereocenters. The highest BCUT2D eigenvalue weighted by Crippen LogP contribution is 2.22. The van der Waals surface area contributed by atoms with Gasteiger partial charge in [0.05, 0.1) is 5.69 Å². The summed E-state index contributed by atoms with van der Waals surface area (Å²) in [6.45, 7) is 6.19. The molecule has 0 aliphatic carbocycles. The molecule has 0 bridgehead atoms. The molecule has 17 heavy (non-hydrogen) atoms. The fourth-order valence-electron chi connectivity index (χ4n) is 1.54. The SMILES string of the molecule is Cc1cncc(-c2cc(Br)nc(C(C)C)n2)c1. The van der Waals surface area contributed by atoms with Crippen molar-refractivity contribution >= 4 is 15.9 Å². The molecule has 0 saturated carbocycles. The smallest absolute Gasteiger partial charge is 0.132 e. The summed E-state index contributed by atoms with van der Waals surface area (Å²) in [6.07, 6.45) is 3.66. The molecule has 0 aliphatic rings. The van der Waals surface area contributed by atoms with Crippen LogP contribution in [0.15, 0.2) is 29.1 Å². The van der Waals surface area contributed by atoms with E-state index in [-0.39, 0.29) is 0 Å². The molecular weight excluding hydrogens is 278 g/mol. The summed E-state index contributed by atoms with van der Waals surface area (Å²) in [5, 5.41) is 0. The molecule has 0 aromatic carbocycles. The van der Waals surface area contributed by atoms with Crippen LogP contribution in [0, 0.1) is 6.92 Å². The lowest BCUT2D eigenvalue weighted by Gasteiger charge is -2.07. The van der Waals surface area contributed by atoms with Crippen molar-refractivity contribution in [2.45, 2.75) is 26.7 Å². The van der Waals surface area contributed by atoms with Crippen LogP contribution in [-0.4, -0.2) is 15.0 Å². The van der Waals surface area contributed by atoms with E-state index < -0.39 is 0 Å². The first kappa shape index (κ1) is 12.2. The Balaban J connectivity index is 2.52. The number of hydrogen-bond acceptors (Lipinski definition) is 3. The number of nitrogens with zero attached hydrogens (tertiary/aromatic N) is 3. The van der Waals surface area contributed by atoms with Gasteiger partial charge in [-0.05, 0) is 40.5 Å². The Kier molecular flexibility index (Phi) is 3.52. The van der Waals surface area contributed by atoms with Gasteiger partial charge in [0.2, 0.25) is 0 Å². The average molecular weight is 292 g/mol. The molecule has 0 radical (unpaired) electrons. The van der Waals surface area contributed by atoms with Crippen LogP contribution in [0.5, 0.6) is 0 Å². The molecule has 88 valence electrons. The third kappa shape index (κ3) is 2.88. The molecule has 4 heteroatoms. The van der Waals surface area contributed by atoms with Gasteiger partial charge in [-0.2, -0.15) is 0 Å². The van der Waals surface area contributed by atoms with E-state index in [9.17, 15) is 0 Å². The first-order valence-electron chi connectivity index (χ1n) is 5.53. The molecule has 0 amide bonds. The summed E-state index contributed by atoms with van der Waals surface area (Å²) in [7, 11) is 0. The normalized spacial score (nSPS) is 10.9. The van der Waals surface area contributed by atoms with E-state index in [2.05, 4.69) is 50.8 Å². The van der Waals surface area contributed by atoms with E-state index in [1.54, 1.807) is 0 Å². The van der Waals surface area contributed by atoms with Crippen LogP contribution in [0.25, 0.3) is 11.3 Å². The quantitative estimate of drug-likeness (QED) is 0.792. The zero-order valence-corrected chi connectivity index (χ0v) is 11.7. The fourth-order valence-corrected chi connectivity index (χ4v) is 1.93. The molecule has 0 aliphatic heterocycles. The van der Waals surface area contributed by atoms with E-state index in [0.717, 1.165) is 27.2 Å². The summed E-state index contributed by atoms with van der Waals surface area (Å²) >= 11 is 3.43. The van der Waals surface area contributed by atoms with Gasteiger partial charge in [0.1, 0.15) is 10.4 Å². The molecule has 2 aromatic rings. The first-order valence-corrected chi connectivity index (χ1v) is 6.32. The predicted octanol–water partition coefficient (Wildman–Crippen LogP) is 3.73. The third-order valence-electron chi connectivity index (χ3n) is 2.40. The Morgan fingerprint density at radius 3 is 2.53 bits per heavy atom. The van der Waals surface area contributed by atoms with Crippen molar-refractivity contribution in [3.63, 3.8) is 0 Å². The minimum absolute atomic E-state index is 0.309. The highest BCUT2D eigenvalue weighted by Gasteiger charge is 2.08. The standard InChI is InChI=1S/C13H14BrN3/c1-8(2)13-16-11(5-12(14)17-13)10-4-9(3)6-15-7-10/h4-8H,1-3H3. The number of rotatable bonds is 2. The van der Waals surface area contributed by atoms with Gasteiger partial charge in [0.15, 0.2) is 0 Å². The summed E-state index contributed by atoms with van der Waals surface area (Å²) in [6, 6.07) is 3.99. The van der Waals surface area contributed by atoms with Gasteiger partial charge in [-0.25, -0.2) is 9.97 Å². The minimum Gasteiger partial charge on any atom is -0.264 e. The van der Waals surface area contributed by atoms with Gasteiger partial charge < -0.3 is 0 Å². The van der Waals surface area contributed by atoms with Crippen molar-refractivity contribution < 1.29 is 0 Å². The Labute approximate surface area is 109 Å². The van der Waals surface area contributed by atoms with E-state index in [1.165, 1.54) is 0 Å². The molecule has 2 rings (SSSR count). The Morgan fingerprint density at radius 1 is 1.12 bits per heavy atom. The van der Waals surface area contributed by atoms with Crippen LogP contribution in [0.2, 0.25) is 0 Å². The molecule has 2 aromatic heterocycles. The Morgan fingerprint density at radius 2 is 1.88 bits per heavy atom. The van der Waals surface area contributed by atoms with Gasteiger partial charge in [0.25, 0.3) is 0 Å². The monoisotopic (exact) mass is 291 g/mol. The highest BCUT2D eigenvalue weighted by molar-refractivity contribution is 9.10. The maximum atomic E-state index is 4.56. The van der Waals surface area contributed by atoms with Crippen molar-refractivity contribution in [3.8, 4) is 11.3 Å². The second-order valence-electron chi connectivity index (χ2n) is 4.34. The van der Waals surface area contributed by atoms with Crippen LogP contribution in [-0.2, 0) is 0 Å². The van der Waals surface area contributed by atoms with Crippen LogP contribution in [0.1, 0.15) is 31.2 Å². The first-order chi connectivity index (χ1) is 8.06. The highest BCUT2D eigenvalue weighted by atomic mass is 79.9. The van der Waals surface area contributed by atoms with Crippen molar-refractivity contribution in [2.24, 2.45) is 0 Å². The van der Waals surface area contributed by atoms with Crippen molar-refractivity contribution in [1.82, 2.24) is 15.0 Å². The van der Waals surface area contributed by atoms with Crippen molar-refractivity contribution in [1.29, 1.82) is 0 Å². The number of aromatic nitrogens is 3. The van der Waals surface area contributed by atoms with Gasteiger partial charge in [-0.15, -0.1) is 0 Å². The van der Waals surface area contributed by atoms with E-state index in [4.69, 9.17) is 0 Å². The molecule has 3 nitrogen and oxygen atoms in total. The maximum Gasteiger partial charge on any atom is 0.132 e. The molecule has 0 spiro atoms. The van der Waals surface area contributed by atoms with Gasteiger partial charge in [-0.3, -0.25) is 4.98 Å². The number of hydrogen-bond donors (Lipinski definition) is 0. The second kappa shape index (κ2) is 4.92. The Bertz CT molecular complexity index is 538. The number of aryl methyl sites for hydroxylation is 1. The average Bonchev–Trinajstić information content (AvgIpc) is 2.28. The van der Waals surface area contributed by atoms with Gasteiger partial charge in [-0.1, -0.05) is 13.8 Å². The van der Waals surface area contributed by atoms with E-state index in [0.29, 0.717) is 5.92 Å². The number of halogens is 1. The molecule has 2 heterocycles. The summed E-state index contributed by atoms with van der Waals surface area (Å²) in [5.74, 6) is 1.15. The largest absolute Gasteiger partial charge is 0.264 e.